The highest BCUT2D eigenvalue weighted by Gasteiger charge is 2.29. The maximum absolute atomic E-state index is 12.8. The van der Waals surface area contributed by atoms with E-state index in [2.05, 4.69) is 16.3 Å². The molecule has 0 saturated carbocycles. The molecule has 34 heavy (non-hydrogen) atoms. The molecule has 2 amide bonds. The van der Waals surface area contributed by atoms with E-state index in [9.17, 15) is 18.0 Å². The molecule has 182 valence electrons. The Morgan fingerprint density at radius 1 is 1.06 bits per heavy atom. The van der Waals surface area contributed by atoms with E-state index in [1.807, 2.05) is 25.1 Å². The van der Waals surface area contributed by atoms with Gasteiger partial charge in [0, 0.05) is 56.6 Å². The number of sulfonamides is 1. The fourth-order valence-corrected chi connectivity index (χ4v) is 5.69. The third kappa shape index (κ3) is 5.34. The molecule has 0 aromatic heterocycles. The molecular weight excluding hydrogens is 456 g/mol. The molecular formula is C24H30N4O5S. The normalized spacial score (nSPS) is 17.2. The van der Waals surface area contributed by atoms with Crippen LogP contribution >= 0.6 is 0 Å². The Labute approximate surface area is 200 Å². The fourth-order valence-electron chi connectivity index (χ4n) is 4.38. The first-order valence-electron chi connectivity index (χ1n) is 11.3. The molecule has 2 aromatic carbocycles. The lowest BCUT2D eigenvalue weighted by atomic mass is 10.2. The molecule has 4 rings (SSSR count). The second-order valence-corrected chi connectivity index (χ2v) is 10.5. The van der Waals surface area contributed by atoms with Crippen molar-refractivity contribution >= 4 is 38.9 Å². The first kappa shape index (κ1) is 24.0. The number of aryl methyl sites for hydroxylation is 1. The van der Waals surface area contributed by atoms with Crippen LogP contribution in [0.15, 0.2) is 42.5 Å². The van der Waals surface area contributed by atoms with Crippen molar-refractivity contribution in [1.29, 1.82) is 0 Å². The zero-order valence-corrected chi connectivity index (χ0v) is 20.3. The van der Waals surface area contributed by atoms with E-state index in [0.717, 1.165) is 17.7 Å². The quantitative estimate of drug-likeness (QED) is 0.644. The number of ether oxygens (including phenoxy) is 1. The van der Waals surface area contributed by atoms with E-state index < -0.39 is 21.7 Å². The zero-order valence-electron chi connectivity index (χ0n) is 19.5. The van der Waals surface area contributed by atoms with Gasteiger partial charge in [-0.2, -0.15) is 4.31 Å². The molecule has 2 aromatic rings. The standard InChI is InChI=1S/C24H30N4O5S/c1-18-5-3-6-20(15-18)26-11-13-27(14-12-26)34(31,32)17-23(29)25-19-8-9-21(22(16-19)33-2)28-10-4-7-24(28)30/h3,5-6,8-9,15-16H,4,7,10-14,17H2,1-2H3,(H,25,29). The fraction of sp³-hybridized carbons (Fsp3) is 0.417. The van der Waals surface area contributed by atoms with Crippen LogP contribution in [-0.2, 0) is 19.6 Å². The largest absolute Gasteiger partial charge is 0.494 e. The van der Waals surface area contributed by atoms with Gasteiger partial charge in [0.1, 0.15) is 11.5 Å². The highest BCUT2D eigenvalue weighted by atomic mass is 32.2. The van der Waals surface area contributed by atoms with Crippen LogP contribution in [0, 0.1) is 6.92 Å². The summed E-state index contributed by atoms with van der Waals surface area (Å²) in [7, 11) is -2.26. The summed E-state index contributed by atoms with van der Waals surface area (Å²) in [6.07, 6.45) is 1.29. The first-order chi connectivity index (χ1) is 16.3. The summed E-state index contributed by atoms with van der Waals surface area (Å²) in [5, 5.41) is 2.64. The molecule has 2 saturated heterocycles. The summed E-state index contributed by atoms with van der Waals surface area (Å²) < 4.78 is 32.5. The minimum absolute atomic E-state index is 0.0312. The predicted octanol–water partition coefficient (Wildman–Crippen LogP) is 2.22. The molecule has 0 bridgehead atoms. The number of carbonyl (C=O) groups is 2. The summed E-state index contributed by atoms with van der Waals surface area (Å²) in [6, 6.07) is 13.1. The van der Waals surface area contributed by atoms with Crippen molar-refractivity contribution in [1.82, 2.24) is 4.31 Å². The van der Waals surface area contributed by atoms with Gasteiger partial charge < -0.3 is 19.9 Å². The van der Waals surface area contributed by atoms with E-state index >= 15 is 0 Å². The Morgan fingerprint density at radius 2 is 1.82 bits per heavy atom. The Balaban J connectivity index is 1.35. The van der Waals surface area contributed by atoms with Crippen LogP contribution in [0.2, 0.25) is 0 Å². The van der Waals surface area contributed by atoms with Crippen LogP contribution in [-0.4, -0.2) is 70.1 Å². The van der Waals surface area contributed by atoms with Crippen LogP contribution in [0.25, 0.3) is 0 Å². The van der Waals surface area contributed by atoms with Crippen molar-refractivity contribution < 1.29 is 22.7 Å². The van der Waals surface area contributed by atoms with Crippen molar-refractivity contribution in [2.24, 2.45) is 0 Å². The molecule has 2 aliphatic heterocycles. The van der Waals surface area contributed by atoms with Gasteiger partial charge in [-0.15, -0.1) is 0 Å². The van der Waals surface area contributed by atoms with Crippen LogP contribution in [0.3, 0.4) is 0 Å². The maximum atomic E-state index is 12.8. The number of nitrogens with zero attached hydrogens (tertiary/aromatic N) is 3. The average molecular weight is 487 g/mol. The number of benzene rings is 2. The van der Waals surface area contributed by atoms with Crippen LogP contribution < -0.4 is 19.9 Å². The smallest absolute Gasteiger partial charge is 0.241 e. The van der Waals surface area contributed by atoms with Gasteiger partial charge in [0.15, 0.2) is 0 Å². The van der Waals surface area contributed by atoms with Gasteiger partial charge in [0.2, 0.25) is 21.8 Å². The van der Waals surface area contributed by atoms with Gasteiger partial charge in [-0.1, -0.05) is 12.1 Å². The molecule has 0 radical (unpaired) electrons. The Morgan fingerprint density at radius 3 is 2.47 bits per heavy atom. The number of methoxy groups -OCH3 is 1. The second-order valence-electron chi connectivity index (χ2n) is 8.57. The van der Waals surface area contributed by atoms with Crippen LogP contribution in [0.5, 0.6) is 5.75 Å². The molecule has 0 atom stereocenters. The predicted molar refractivity (Wildman–Crippen MR) is 132 cm³/mol. The summed E-state index contributed by atoms with van der Waals surface area (Å²) in [5.74, 6) is -0.772. The number of rotatable bonds is 7. The first-order valence-corrected chi connectivity index (χ1v) is 13.0. The van der Waals surface area contributed by atoms with Crippen molar-refractivity contribution in [2.45, 2.75) is 19.8 Å². The number of carbonyl (C=O) groups excluding carboxylic acids is 2. The van der Waals surface area contributed by atoms with E-state index in [-0.39, 0.29) is 5.91 Å². The van der Waals surface area contributed by atoms with E-state index in [1.54, 1.807) is 23.1 Å². The average Bonchev–Trinajstić information content (AvgIpc) is 3.24. The number of hydrogen-bond acceptors (Lipinski definition) is 6. The Hall–Kier alpha value is -3.11. The van der Waals surface area contributed by atoms with Crippen LogP contribution in [0.1, 0.15) is 18.4 Å². The summed E-state index contributed by atoms with van der Waals surface area (Å²) in [6.45, 7) is 4.44. The van der Waals surface area contributed by atoms with Gasteiger partial charge in [-0.05, 0) is 43.2 Å². The third-order valence-corrected chi connectivity index (χ3v) is 7.92. The third-order valence-electron chi connectivity index (χ3n) is 6.14. The number of anilines is 3. The Kier molecular flexibility index (Phi) is 7.08. The van der Waals surface area contributed by atoms with Gasteiger partial charge in [-0.3, -0.25) is 9.59 Å². The van der Waals surface area contributed by atoms with E-state index in [1.165, 1.54) is 11.4 Å². The minimum atomic E-state index is -3.75. The minimum Gasteiger partial charge on any atom is -0.494 e. The number of hydrogen-bond donors (Lipinski definition) is 1. The molecule has 2 heterocycles. The van der Waals surface area contributed by atoms with E-state index in [4.69, 9.17) is 4.74 Å². The molecule has 2 aliphatic rings. The van der Waals surface area contributed by atoms with Crippen molar-refractivity contribution in [3.8, 4) is 5.75 Å². The maximum Gasteiger partial charge on any atom is 0.241 e. The van der Waals surface area contributed by atoms with Gasteiger partial charge in [0.05, 0.1) is 12.8 Å². The Bertz CT molecular complexity index is 1180. The van der Waals surface area contributed by atoms with Gasteiger partial charge in [-0.25, -0.2) is 8.42 Å². The topological polar surface area (TPSA) is 99.3 Å². The van der Waals surface area contributed by atoms with Gasteiger partial charge in [0.25, 0.3) is 0 Å². The number of nitrogens with one attached hydrogen (secondary N) is 1. The van der Waals surface area contributed by atoms with Crippen molar-refractivity contribution in [3.05, 3.63) is 48.0 Å². The molecule has 0 unspecified atom stereocenters. The van der Waals surface area contributed by atoms with Crippen LogP contribution in [0.4, 0.5) is 17.1 Å². The second kappa shape index (κ2) is 10.0. The summed E-state index contributed by atoms with van der Waals surface area (Å²) in [5.41, 5.74) is 3.28. The lowest BCUT2D eigenvalue weighted by Crippen LogP contribution is -2.50. The summed E-state index contributed by atoms with van der Waals surface area (Å²) >= 11 is 0. The highest BCUT2D eigenvalue weighted by Crippen LogP contribution is 2.33. The SMILES string of the molecule is COc1cc(NC(=O)CS(=O)(=O)N2CCN(c3cccc(C)c3)CC2)ccc1N1CCCC1=O. The number of piperazine rings is 1. The van der Waals surface area contributed by atoms with Crippen molar-refractivity contribution in [3.63, 3.8) is 0 Å². The van der Waals surface area contributed by atoms with Crippen molar-refractivity contribution in [2.75, 3.05) is 60.7 Å². The molecule has 9 nitrogen and oxygen atoms in total. The molecule has 0 aliphatic carbocycles. The lowest BCUT2D eigenvalue weighted by molar-refractivity contribution is -0.117. The van der Waals surface area contributed by atoms with E-state index in [0.29, 0.717) is 56.3 Å². The highest BCUT2D eigenvalue weighted by molar-refractivity contribution is 7.89. The molecule has 0 spiro atoms. The molecule has 10 heteroatoms. The molecule has 2 fully saturated rings. The number of amides is 2. The molecule has 1 N–H and O–H groups in total. The van der Waals surface area contributed by atoms with Gasteiger partial charge >= 0.3 is 0 Å². The monoisotopic (exact) mass is 486 g/mol. The zero-order chi connectivity index (χ0) is 24.3. The lowest BCUT2D eigenvalue weighted by Gasteiger charge is -2.35. The summed E-state index contributed by atoms with van der Waals surface area (Å²) in [4.78, 5) is 28.4.